The van der Waals surface area contributed by atoms with Crippen LogP contribution in [0, 0.1) is 17.0 Å². The van der Waals surface area contributed by atoms with Crippen LogP contribution in [-0.2, 0) is 11.3 Å². The van der Waals surface area contributed by atoms with E-state index in [0.29, 0.717) is 17.7 Å². The lowest BCUT2D eigenvalue weighted by Crippen LogP contribution is -2.37. The van der Waals surface area contributed by atoms with Crippen molar-refractivity contribution in [3.63, 3.8) is 0 Å². The highest BCUT2D eigenvalue weighted by Crippen LogP contribution is 2.19. The zero-order valence-electron chi connectivity index (χ0n) is 13.4. The number of hydrogen-bond acceptors (Lipinski definition) is 5. The fraction of sp³-hybridized carbons (Fsp3) is 0.235. The van der Waals surface area contributed by atoms with Crippen LogP contribution < -0.4 is 4.57 Å². The van der Waals surface area contributed by atoms with Gasteiger partial charge in [0.15, 0.2) is 12.4 Å². The van der Waals surface area contributed by atoms with Crippen LogP contribution >= 0.6 is 0 Å². The molecule has 2 aromatic rings. The minimum Gasteiger partial charge on any atom is -0.462 e. The van der Waals surface area contributed by atoms with Gasteiger partial charge in [-0.1, -0.05) is 12.1 Å². The predicted molar refractivity (Wildman–Crippen MR) is 84.8 cm³/mol. The van der Waals surface area contributed by atoms with Crippen LogP contribution in [0.2, 0.25) is 0 Å². The first kappa shape index (κ1) is 17.3. The maximum atomic E-state index is 12.3. The summed E-state index contributed by atoms with van der Waals surface area (Å²) in [4.78, 5) is 34.3. The number of benzene rings is 1. The smallest absolute Gasteiger partial charge is 0.338 e. The Bertz CT molecular complexity index is 784. The number of ether oxygens (including phenoxy) is 1. The Morgan fingerprint density at radius 3 is 2.42 bits per heavy atom. The normalized spacial score (nSPS) is 10.2. The Balaban J connectivity index is 2.14. The number of aromatic nitrogens is 1. The van der Waals surface area contributed by atoms with Gasteiger partial charge in [-0.05, 0) is 13.8 Å². The number of carbonyl (C=O) groups excluding carboxylic acids is 2. The molecule has 0 aliphatic carbocycles. The summed E-state index contributed by atoms with van der Waals surface area (Å²) in [6.45, 7) is 3.65. The molecule has 0 amide bonds. The molecule has 2 rings (SSSR count). The molecule has 124 valence electrons. The quantitative estimate of drug-likeness (QED) is 0.266. The first-order valence-corrected chi connectivity index (χ1v) is 7.37. The average molecular weight is 329 g/mol. The second-order valence-electron chi connectivity index (χ2n) is 5.16. The number of carbonyl (C=O) groups is 2. The maximum Gasteiger partial charge on any atom is 0.338 e. The zero-order valence-corrected chi connectivity index (χ0v) is 13.4. The second-order valence-corrected chi connectivity index (χ2v) is 5.16. The molecule has 0 saturated carbocycles. The third kappa shape index (κ3) is 4.01. The summed E-state index contributed by atoms with van der Waals surface area (Å²) in [5.41, 5.74) is 1.09. The van der Waals surface area contributed by atoms with Crippen molar-refractivity contribution in [3.05, 3.63) is 69.5 Å². The highest BCUT2D eigenvalue weighted by molar-refractivity contribution is 5.95. The van der Waals surface area contributed by atoms with Gasteiger partial charge in [0.1, 0.15) is 0 Å². The van der Waals surface area contributed by atoms with Crippen LogP contribution in [0.5, 0.6) is 0 Å². The SMILES string of the molecule is CCOC(=O)c1cc[n+](CC(=O)c2ccc(C)c([N+](=O)[O-])c2)cc1. The van der Waals surface area contributed by atoms with Gasteiger partial charge in [-0.2, -0.15) is 4.57 Å². The number of hydrogen-bond donors (Lipinski definition) is 0. The minimum absolute atomic E-state index is 0.0172. The van der Waals surface area contributed by atoms with Crippen LogP contribution in [0.25, 0.3) is 0 Å². The minimum atomic E-state index is -0.507. The molecule has 0 spiro atoms. The summed E-state index contributed by atoms with van der Waals surface area (Å²) in [5, 5.41) is 11.0. The molecule has 0 aliphatic rings. The van der Waals surface area contributed by atoms with E-state index in [4.69, 9.17) is 4.74 Å². The second kappa shape index (κ2) is 7.45. The summed E-state index contributed by atoms with van der Waals surface area (Å²) in [6, 6.07) is 7.52. The van der Waals surface area contributed by atoms with Gasteiger partial charge in [0.25, 0.3) is 5.69 Å². The van der Waals surface area contributed by atoms with E-state index < -0.39 is 10.9 Å². The van der Waals surface area contributed by atoms with Crippen LogP contribution in [0.15, 0.2) is 42.7 Å². The number of nitro groups is 1. The Kier molecular flexibility index (Phi) is 5.36. The highest BCUT2D eigenvalue weighted by atomic mass is 16.6. The Morgan fingerprint density at radius 1 is 1.17 bits per heavy atom. The van der Waals surface area contributed by atoms with Gasteiger partial charge >= 0.3 is 5.97 Å². The van der Waals surface area contributed by atoms with E-state index in [0.717, 1.165) is 0 Å². The Labute approximate surface area is 138 Å². The van der Waals surface area contributed by atoms with Crippen molar-refractivity contribution in [2.24, 2.45) is 0 Å². The van der Waals surface area contributed by atoms with Crippen molar-refractivity contribution in [2.45, 2.75) is 20.4 Å². The summed E-state index contributed by atoms with van der Waals surface area (Å²) in [7, 11) is 0. The number of esters is 1. The van der Waals surface area contributed by atoms with Crippen molar-refractivity contribution >= 4 is 17.4 Å². The van der Waals surface area contributed by atoms with E-state index >= 15 is 0 Å². The first-order valence-electron chi connectivity index (χ1n) is 7.37. The average Bonchev–Trinajstić information content (AvgIpc) is 2.55. The number of ketones is 1. The molecule has 0 atom stereocenters. The van der Waals surface area contributed by atoms with Crippen molar-refractivity contribution in [1.29, 1.82) is 0 Å². The monoisotopic (exact) mass is 329 g/mol. The molecule has 24 heavy (non-hydrogen) atoms. The molecule has 0 fully saturated rings. The lowest BCUT2D eigenvalue weighted by molar-refractivity contribution is -0.683. The van der Waals surface area contributed by atoms with Gasteiger partial charge in [0.05, 0.1) is 17.1 Å². The fourth-order valence-electron chi connectivity index (χ4n) is 2.15. The van der Waals surface area contributed by atoms with E-state index in [1.165, 1.54) is 6.07 Å². The third-order valence-electron chi connectivity index (χ3n) is 3.46. The van der Waals surface area contributed by atoms with Crippen LogP contribution in [0.1, 0.15) is 33.2 Å². The number of nitrogens with zero attached hydrogens (tertiary/aromatic N) is 2. The lowest BCUT2D eigenvalue weighted by Gasteiger charge is -2.02. The number of nitro benzene ring substituents is 1. The van der Waals surface area contributed by atoms with Crippen molar-refractivity contribution < 1.29 is 23.8 Å². The standard InChI is InChI=1S/C17H17N2O5/c1-3-24-17(21)13-6-8-18(9-7-13)11-16(20)14-5-4-12(2)15(10-14)19(22)23/h4-10H,3,11H2,1-2H3/q+1. The van der Waals surface area contributed by atoms with E-state index in [1.807, 2.05) is 0 Å². The molecular formula is C17H17N2O5+. The summed E-state index contributed by atoms with van der Waals surface area (Å²) < 4.78 is 6.48. The molecule has 0 saturated heterocycles. The number of rotatable bonds is 6. The third-order valence-corrected chi connectivity index (χ3v) is 3.46. The topological polar surface area (TPSA) is 90.4 Å². The molecule has 1 aromatic carbocycles. The van der Waals surface area contributed by atoms with Crippen LogP contribution in [0.3, 0.4) is 0 Å². The Hall–Kier alpha value is -3.09. The molecule has 0 bridgehead atoms. The molecule has 0 aliphatic heterocycles. The number of pyridine rings is 1. The van der Waals surface area contributed by atoms with Gasteiger partial charge in [-0.15, -0.1) is 0 Å². The highest BCUT2D eigenvalue weighted by Gasteiger charge is 2.18. The van der Waals surface area contributed by atoms with Crippen molar-refractivity contribution in [2.75, 3.05) is 6.61 Å². The van der Waals surface area contributed by atoms with Crippen molar-refractivity contribution in [1.82, 2.24) is 0 Å². The molecule has 1 aromatic heterocycles. The lowest BCUT2D eigenvalue weighted by atomic mass is 10.1. The van der Waals surface area contributed by atoms with Gasteiger partial charge in [-0.3, -0.25) is 14.9 Å². The molecule has 0 unspecified atom stereocenters. The zero-order chi connectivity index (χ0) is 17.7. The Morgan fingerprint density at radius 2 is 1.83 bits per heavy atom. The van der Waals surface area contributed by atoms with Gasteiger partial charge in [0.2, 0.25) is 12.3 Å². The van der Waals surface area contributed by atoms with Crippen LogP contribution in [-0.4, -0.2) is 23.3 Å². The summed E-state index contributed by atoms with van der Waals surface area (Å²) in [6.07, 6.45) is 3.18. The number of Topliss-reactive ketones (excluding diaryl/α,β-unsaturated/α-hetero) is 1. The molecule has 7 heteroatoms. The van der Waals surface area contributed by atoms with Crippen LogP contribution in [0.4, 0.5) is 5.69 Å². The molecule has 0 N–H and O–H groups in total. The molecule has 1 heterocycles. The van der Waals surface area contributed by atoms with Gasteiger partial charge in [0, 0.05) is 29.3 Å². The van der Waals surface area contributed by atoms with E-state index in [1.54, 1.807) is 55.1 Å². The van der Waals surface area contributed by atoms with Gasteiger partial charge < -0.3 is 4.74 Å². The largest absolute Gasteiger partial charge is 0.462 e. The maximum absolute atomic E-state index is 12.3. The first-order chi connectivity index (χ1) is 11.4. The molecular weight excluding hydrogens is 312 g/mol. The predicted octanol–water partition coefficient (Wildman–Crippen LogP) is 2.25. The van der Waals surface area contributed by atoms with Gasteiger partial charge in [-0.25, -0.2) is 4.79 Å². The molecule has 7 nitrogen and oxygen atoms in total. The molecule has 0 radical (unpaired) electrons. The summed E-state index contributed by atoms with van der Waals surface area (Å²) >= 11 is 0. The summed E-state index contributed by atoms with van der Waals surface area (Å²) in [5.74, 6) is -0.683. The van der Waals surface area contributed by atoms with Crippen molar-refractivity contribution in [3.8, 4) is 0 Å². The van der Waals surface area contributed by atoms with E-state index in [-0.39, 0.29) is 23.6 Å². The number of aryl methyl sites for hydroxylation is 1. The fourth-order valence-corrected chi connectivity index (χ4v) is 2.15. The van der Waals surface area contributed by atoms with E-state index in [9.17, 15) is 19.7 Å². The van der Waals surface area contributed by atoms with E-state index in [2.05, 4.69) is 0 Å².